The number of aliphatic hydroxyl groups excluding tert-OH is 1. The van der Waals surface area contributed by atoms with Crippen molar-refractivity contribution >= 4 is 22.5 Å². The van der Waals surface area contributed by atoms with Crippen LogP contribution in [-0.2, 0) is 6.18 Å². The number of hydrogen-bond acceptors (Lipinski definition) is 3. The quantitative estimate of drug-likeness (QED) is 0.632. The third kappa shape index (κ3) is 3.62. The van der Waals surface area contributed by atoms with Crippen molar-refractivity contribution in [3.8, 4) is 0 Å². The van der Waals surface area contributed by atoms with Crippen LogP contribution in [0.5, 0.6) is 0 Å². The van der Waals surface area contributed by atoms with Gasteiger partial charge in [0.2, 0.25) is 0 Å². The smallest absolute Gasteiger partial charge is 0.372 e. The number of H-pyrrole nitrogens is 1. The fourth-order valence-corrected chi connectivity index (χ4v) is 4.11. The molecule has 1 aliphatic rings. The zero-order valence-corrected chi connectivity index (χ0v) is 15.6. The molecule has 0 radical (unpaired) electrons. The first kappa shape index (κ1) is 19.2. The van der Waals surface area contributed by atoms with Gasteiger partial charge in [0, 0.05) is 23.5 Å². The van der Waals surface area contributed by atoms with Crippen LogP contribution in [0.25, 0.3) is 10.9 Å². The molecule has 1 aliphatic heterocycles. The molecule has 4 nitrogen and oxygen atoms in total. The van der Waals surface area contributed by atoms with Gasteiger partial charge in [-0.25, -0.2) is 0 Å². The van der Waals surface area contributed by atoms with Gasteiger partial charge in [-0.3, -0.25) is 10.00 Å². The minimum absolute atomic E-state index is 0.188. The lowest BCUT2D eigenvalue weighted by Crippen LogP contribution is -2.36. The van der Waals surface area contributed by atoms with Crippen LogP contribution < -0.4 is 0 Å². The molecule has 148 valence electrons. The number of likely N-dealkylation sites (tertiary alicyclic amines) is 1. The molecule has 2 N–H and O–H groups in total. The maximum absolute atomic E-state index is 13.3. The second-order valence-electron chi connectivity index (χ2n) is 7.07. The van der Waals surface area contributed by atoms with Crippen LogP contribution in [-0.4, -0.2) is 33.3 Å². The van der Waals surface area contributed by atoms with Gasteiger partial charge in [-0.15, -0.1) is 0 Å². The van der Waals surface area contributed by atoms with E-state index in [1.807, 2.05) is 4.90 Å². The summed E-state index contributed by atoms with van der Waals surface area (Å²) in [5.41, 5.74) is 1.02. The second-order valence-corrected chi connectivity index (χ2v) is 7.50. The van der Waals surface area contributed by atoms with Crippen molar-refractivity contribution in [2.24, 2.45) is 0 Å². The number of aromatic amines is 1. The van der Waals surface area contributed by atoms with Gasteiger partial charge >= 0.3 is 6.18 Å². The van der Waals surface area contributed by atoms with Crippen LogP contribution in [0.15, 0.2) is 42.5 Å². The maximum Gasteiger partial charge on any atom is 0.416 e. The molecule has 8 heteroatoms. The molecule has 4 rings (SSSR count). The molecule has 2 heterocycles. The molecule has 1 aromatic heterocycles. The molecule has 0 bridgehead atoms. The van der Waals surface area contributed by atoms with Gasteiger partial charge < -0.3 is 5.11 Å². The summed E-state index contributed by atoms with van der Waals surface area (Å²) in [4.78, 5) is 1.84. The fourth-order valence-electron chi connectivity index (χ4n) is 3.94. The number of aromatic nitrogens is 2. The summed E-state index contributed by atoms with van der Waals surface area (Å²) in [5.74, 6) is -0.188. The average Bonchev–Trinajstić information content (AvgIpc) is 3.10. The normalized spacial score (nSPS) is 17.9. The lowest BCUT2D eigenvalue weighted by atomic mass is 9.86. The first-order chi connectivity index (χ1) is 13.3. The first-order valence-corrected chi connectivity index (χ1v) is 9.44. The van der Waals surface area contributed by atoms with Crippen molar-refractivity contribution in [3.05, 3.63) is 64.3 Å². The highest BCUT2D eigenvalue weighted by atomic mass is 35.5. The number of aliphatic hydroxyl groups is 1. The predicted molar refractivity (Wildman–Crippen MR) is 101 cm³/mol. The highest BCUT2D eigenvalue weighted by Crippen LogP contribution is 2.39. The van der Waals surface area contributed by atoms with Crippen molar-refractivity contribution in [2.45, 2.75) is 31.2 Å². The van der Waals surface area contributed by atoms with E-state index in [1.165, 1.54) is 6.07 Å². The number of halogens is 4. The Bertz CT molecular complexity index is 980. The van der Waals surface area contributed by atoms with Crippen LogP contribution in [0, 0.1) is 0 Å². The van der Waals surface area contributed by atoms with Crippen LogP contribution in [0.3, 0.4) is 0 Å². The Morgan fingerprint density at radius 2 is 1.86 bits per heavy atom. The lowest BCUT2D eigenvalue weighted by molar-refractivity contribution is -0.138. The van der Waals surface area contributed by atoms with E-state index in [0.717, 1.165) is 17.0 Å². The van der Waals surface area contributed by atoms with E-state index in [-0.39, 0.29) is 5.92 Å². The van der Waals surface area contributed by atoms with Gasteiger partial charge in [0.05, 0.1) is 11.1 Å². The number of nitrogens with zero attached hydrogens (tertiary/aromatic N) is 2. The highest BCUT2D eigenvalue weighted by Gasteiger charge is 2.36. The van der Waals surface area contributed by atoms with Crippen molar-refractivity contribution in [2.75, 3.05) is 13.1 Å². The molecule has 1 fully saturated rings. The molecule has 3 aromatic rings. The number of alkyl halides is 3. The summed E-state index contributed by atoms with van der Waals surface area (Å²) < 4.78 is 39.9. The Morgan fingerprint density at radius 3 is 2.57 bits per heavy atom. The SMILES string of the molecule is OC(c1n[nH]c2ccc(Cl)cc12)N1CCC(c2ccccc2C(F)(F)F)CC1. The molecule has 2 aromatic carbocycles. The lowest BCUT2D eigenvalue weighted by Gasteiger charge is -2.35. The average molecular weight is 410 g/mol. The maximum atomic E-state index is 13.3. The molecule has 0 spiro atoms. The zero-order valence-electron chi connectivity index (χ0n) is 14.9. The largest absolute Gasteiger partial charge is 0.416 e. The topological polar surface area (TPSA) is 52.2 Å². The standard InChI is InChI=1S/C20H19ClF3N3O/c21-13-5-6-17-15(11-13)18(26-25-17)19(28)27-9-7-12(8-10-27)14-3-1-2-4-16(14)20(22,23)24/h1-6,11-12,19,28H,7-10H2,(H,25,26). The molecule has 28 heavy (non-hydrogen) atoms. The third-order valence-corrected chi connectivity index (χ3v) is 5.62. The van der Waals surface area contributed by atoms with Gasteiger partial charge in [0.15, 0.2) is 6.23 Å². The number of nitrogens with one attached hydrogen (secondary N) is 1. The van der Waals surface area contributed by atoms with Gasteiger partial charge in [-0.2, -0.15) is 18.3 Å². The summed E-state index contributed by atoms with van der Waals surface area (Å²) >= 11 is 6.05. The van der Waals surface area contributed by atoms with Crippen molar-refractivity contribution < 1.29 is 18.3 Å². The van der Waals surface area contributed by atoms with E-state index in [9.17, 15) is 18.3 Å². The summed E-state index contributed by atoms with van der Waals surface area (Å²) in [5, 5.41) is 19.2. The van der Waals surface area contributed by atoms with Gasteiger partial charge in [-0.1, -0.05) is 29.8 Å². The Hall–Kier alpha value is -2.09. The minimum atomic E-state index is -4.36. The van der Waals surface area contributed by atoms with E-state index >= 15 is 0 Å². The molecule has 1 saturated heterocycles. The van der Waals surface area contributed by atoms with Crippen molar-refractivity contribution in [1.82, 2.24) is 15.1 Å². The van der Waals surface area contributed by atoms with E-state index in [4.69, 9.17) is 11.6 Å². The van der Waals surface area contributed by atoms with E-state index in [2.05, 4.69) is 10.2 Å². The monoisotopic (exact) mass is 409 g/mol. The Balaban J connectivity index is 1.51. The number of hydrogen-bond donors (Lipinski definition) is 2. The van der Waals surface area contributed by atoms with E-state index in [1.54, 1.807) is 30.3 Å². The fraction of sp³-hybridized carbons (Fsp3) is 0.350. The summed E-state index contributed by atoms with van der Waals surface area (Å²) in [6, 6.07) is 11.0. The first-order valence-electron chi connectivity index (χ1n) is 9.06. The van der Waals surface area contributed by atoms with Crippen LogP contribution in [0.1, 0.15) is 41.8 Å². The number of fused-ring (bicyclic) bond motifs is 1. The summed E-state index contributed by atoms with van der Waals surface area (Å²) in [6.45, 7) is 0.958. The number of piperidine rings is 1. The molecule has 0 aliphatic carbocycles. The number of benzene rings is 2. The molecular formula is C20H19ClF3N3O. The van der Waals surface area contributed by atoms with Crippen molar-refractivity contribution in [3.63, 3.8) is 0 Å². The highest BCUT2D eigenvalue weighted by molar-refractivity contribution is 6.31. The molecular weight excluding hydrogens is 391 g/mol. The van der Waals surface area contributed by atoms with Gasteiger partial charge in [0.1, 0.15) is 5.69 Å². The molecule has 0 amide bonds. The molecule has 1 unspecified atom stereocenters. The Labute approximate surface area is 164 Å². The zero-order chi connectivity index (χ0) is 19.9. The number of rotatable bonds is 3. The summed E-state index contributed by atoms with van der Waals surface area (Å²) in [7, 11) is 0. The van der Waals surface area contributed by atoms with Crippen LogP contribution >= 0.6 is 11.6 Å². The molecule has 0 saturated carbocycles. The van der Waals surface area contributed by atoms with Gasteiger partial charge in [0.25, 0.3) is 0 Å². The minimum Gasteiger partial charge on any atom is -0.372 e. The second kappa shape index (κ2) is 7.39. The van der Waals surface area contributed by atoms with Gasteiger partial charge in [-0.05, 0) is 48.6 Å². The Morgan fingerprint density at radius 1 is 1.14 bits per heavy atom. The molecule has 1 atom stereocenters. The van der Waals surface area contributed by atoms with Crippen LogP contribution in [0.2, 0.25) is 5.02 Å². The summed E-state index contributed by atoms with van der Waals surface area (Å²) in [6.07, 6.45) is -4.23. The van der Waals surface area contributed by atoms with Crippen molar-refractivity contribution in [1.29, 1.82) is 0 Å². The van der Waals surface area contributed by atoms with E-state index < -0.39 is 18.0 Å². The third-order valence-electron chi connectivity index (χ3n) is 5.38. The predicted octanol–water partition coefficient (Wildman–Crippen LogP) is 5.11. The van der Waals surface area contributed by atoms with E-state index in [0.29, 0.717) is 42.2 Å². The van der Waals surface area contributed by atoms with Crippen LogP contribution in [0.4, 0.5) is 13.2 Å². The Kier molecular flexibility index (Phi) is 5.07.